The minimum atomic E-state index is -0.317. The summed E-state index contributed by atoms with van der Waals surface area (Å²) < 4.78 is 0. The fourth-order valence-electron chi connectivity index (χ4n) is 2.57. The molecule has 5 heteroatoms. The zero-order chi connectivity index (χ0) is 14.0. The van der Waals surface area contributed by atoms with Gasteiger partial charge in [-0.1, -0.05) is 40.5 Å². The molecule has 2 atom stereocenters. The number of hydrogen-bond donors (Lipinski definition) is 0. The monoisotopic (exact) mass is 260 g/mol. The highest BCUT2D eigenvalue weighted by Crippen LogP contribution is 2.37. The van der Waals surface area contributed by atoms with Gasteiger partial charge in [0.05, 0.1) is 0 Å². The molecule has 2 rings (SSSR count). The smallest absolute Gasteiger partial charge is 0.265 e. The number of aliphatic imine (C=N–C) groups is 4. The Morgan fingerprint density at radius 1 is 1.32 bits per heavy atom. The van der Waals surface area contributed by atoms with Crippen LogP contribution in [0.5, 0.6) is 0 Å². The standard InChI is InChI=1S/C14H20N4O/c1-5-7-14(4,9(3)6-2)13-17-11-10(12(19)18-13)15-8-16-11/h8-9H,5-7H2,1-4H3. The van der Waals surface area contributed by atoms with Crippen LogP contribution < -0.4 is 0 Å². The summed E-state index contributed by atoms with van der Waals surface area (Å²) in [6.45, 7) is 8.61. The number of fused-ring (bicyclic) bond motifs is 1. The molecule has 0 N–H and O–H groups in total. The minimum absolute atomic E-state index is 0.185. The van der Waals surface area contributed by atoms with Gasteiger partial charge in [0.15, 0.2) is 11.5 Å². The molecular formula is C14H20N4O. The van der Waals surface area contributed by atoms with E-state index in [1.54, 1.807) is 0 Å². The highest BCUT2D eigenvalue weighted by molar-refractivity contribution is 6.71. The van der Waals surface area contributed by atoms with Gasteiger partial charge >= 0.3 is 5.91 Å². The van der Waals surface area contributed by atoms with Crippen molar-refractivity contribution in [3.8, 4) is 0 Å². The normalized spacial score (nSPS) is 22.3. The number of rotatable bonds is 5. The molecule has 0 saturated carbocycles. The van der Waals surface area contributed by atoms with E-state index >= 15 is 0 Å². The van der Waals surface area contributed by atoms with Crippen LogP contribution in [-0.4, -0.2) is 29.6 Å². The summed E-state index contributed by atoms with van der Waals surface area (Å²) in [5, 5.41) is 0. The van der Waals surface area contributed by atoms with Crippen molar-refractivity contribution in [3.63, 3.8) is 0 Å². The van der Waals surface area contributed by atoms with E-state index in [-0.39, 0.29) is 17.0 Å². The number of hydrogen-bond acceptors (Lipinski definition) is 4. The first kappa shape index (κ1) is 13.8. The SMILES string of the molecule is CCCC(C)(C1=NC(=O)C2=NC=NC2=N1)C(C)CC. The lowest BCUT2D eigenvalue weighted by Gasteiger charge is -2.35. The van der Waals surface area contributed by atoms with Gasteiger partial charge in [-0.25, -0.2) is 15.0 Å². The lowest BCUT2D eigenvalue weighted by atomic mass is 9.72. The molecule has 0 spiro atoms. The summed E-state index contributed by atoms with van der Waals surface area (Å²) in [5.74, 6) is 1.12. The van der Waals surface area contributed by atoms with Crippen LogP contribution in [0, 0.1) is 11.3 Å². The molecule has 2 heterocycles. The van der Waals surface area contributed by atoms with Crippen LogP contribution in [0.1, 0.15) is 47.0 Å². The molecule has 2 aliphatic rings. The number of carbonyl (C=O) groups is 1. The second-order valence-corrected chi connectivity index (χ2v) is 5.38. The molecule has 2 unspecified atom stereocenters. The van der Waals surface area contributed by atoms with Gasteiger partial charge in [0, 0.05) is 5.41 Å². The van der Waals surface area contributed by atoms with E-state index in [1.807, 2.05) is 0 Å². The molecule has 0 aromatic carbocycles. The first-order chi connectivity index (χ1) is 9.02. The summed E-state index contributed by atoms with van der Waals surface area (Å²) in [5.41, 5.74) is 0.0854. The molecule has 0 aliphatic carbocycles. The molecule has 0 aromatic rings. The topological polar surface area (TPSA) is 66.5 Å². The van der Waals surface area contributed by atoms with Crippen molar-refractivity contribution < 1.29 is 4.79 Å². The predicted octanol–water partition coefficient (Wildman–Crippen LogP) is 2.66. The fraction of sp³-hybridized carbons (Fsp3) is 0.643. The van der Waals surface area contributed by atoms with Gasteiger partial charge in [-0.05, 0) is 12.3 Å². The third-order valence-electron chi connectivity index (χ3n) is 4.18. The van der Waals surface area contributed by atoms with E-state index < -0.39 is 0 Å². The van der Waals surface area contributed by atoms with E-state index in [1.165, 1.54) is 6.34 Å². The molecule has 2 aliphatic heterocycles. The van der Waals surface area contributed by atoms with Crippen molar-refractivity contribution in [2.75, 3.05) is 0 Å². The highest BCUT2D eigenvalue weighted by atomic mass is 16.1. The molecule has 0 fully saturated rings. The van der Waals surface area contributed by atoms with Crippen molar-refractivity contribution >= 4 is 29.6 Å². The molecule has 0 bridgehead atoms. The summed E-state index contributed by atoms with van der Waals surface area (Å²) in [6.07, 6.45) is 4.38. The van der Waals surface area contributed by atoms with Crippen molar-refractivity contribution in [1.29, 1.82) is 0 Å². The second-order valence-electron chi connectivity index (χ2n) is 5.38. The largest absolute Gasteiger partial charge is 0.301 e. The Morgan fingerprint density at radius 3 is 2.68 bits per heavy atom. The Hall–Kier alpha value is -1.65. The van der Waals surface area contributed by atoms with E-state index in [4.69, 9.17) is 0 Å². The van der Waals surface area contributed by atoms with Gasteiger partial charge in [-0.15, -0.1) is 0 Å². The molecule has 0 aromatic heterocycles. The van der Waals surface area contributed by atoms with Gasteiger partial charge in [0.25, 0.3) is 0 Å². The lowest BCUT2D eigenvalue weighted by molar-refractivity contribution is -0.111. The Morgan fingerprint density at radius 2 is 2.05 bits per heavy atom. The Balaban J connectivity index is 2.41. The maximum Gasteiger partial charge on any atom is 0.301 e. The van der Waals surface area contributed by atoms with Crippen molar-refractivity contribution in [1.82, 2.24) is 0 Å². The van der Waals surface area contributed by atoms with Crippen LogP contribution in [0.25, 0.3) is 0 Å². The zero-order valence-corrected chi connectivity index (χ0v) is 12.0. The molecular weight excluding hydrogens is 240 g/mol. The second kappa shape index (κ2) is 5.15. The lowest BCUT2D eigenvalue weighted by Crippen LogP contribution is -2.38. The van der Waals surface area contributed by atoms with Gasteiger partial charge in [0.2, 0.25) is 0 Å². The van der Waals surface area contributed by atoms with Crippen LogP contribution in [-0.2, 0) is 4.79 Å². The molecule has 19 heavy (non-hydrogen) atoms. The number of amidine groups is 2. The van der Waals surface area contributed by atoms with Crippen LogP contribution >= 0.6 is 0 Å². The fourth-order valence-corrected chi connectivity index (χ4v) is 2.57. The van der Waals surface area contributed by atoms with Crippen molar-refractivity contribution in [2.24, 2.45) is 31.3 Å². The van der Waals surface area contributed by atoms with Gasteiger partial charge in [-0.2, -0.15) is 4.99 Å². The molecule has 102 valence electrons. The first-order valence-electron chi connectivity index (χ1n) is 6.85. The molecule has 0 radical (unpaired) electrons. The van der Waals surface area contributed by atoms with Crippen molar-refractivity contribution in [3.05, 3.63) is 0 Å². The van der Waals surface area contributed by atoms with Crippen LogP contribution in [0.2, 0.25) is 0 Å². The molecule has 5 nitrogen and oxygen atoms in total. The van der Waals surface area contributed by atoms with E-state index in [0.717, 1.165) is 19.3 Å². The van der Waals surface area contributed by atoms with Gasteiger partial charge < -0.3 is 0 Å². The quantitative estimate of drug-likeness (QED) is 0.749. The average molecular weight is 260 g/mol. The van der Waals surface area contributed by atoms with Crippen molar-refractivity contribution in [2.45, 2.75) is 47.0 Å². The van der Waals surface area contributed by atoms with E-state index in [0.29, 0.717) is 17.6 Å². The maximum atomic E-state index is 12.0. The Bertz CT molecular complexity index is 516. The van der Waals surface area contributed by atoms with Crippen LogP contribution in [0.3, 0.4) is 0 Å². The number of nitrogens with zero attached hydrogens (tertiary/aromatic N) is 4. The summed E-state index contributed by atoms with van der Waals surface area (Å²) >= 11 is 0. The summed E-state index contributed by atoms with van der Waals surface area (Å²) in [6, 6.07) is 0. The third-order valence-corrected chi connectivity index (χ3v) is 4.18. The zero-order valence-electron chi connectivity index (χ0n) is 12.0. The third kappa shape index (κ3) is 2.29. The number of amides is 1. The molecule has 0 saturated heterocycles. The molecule has 1 amide bonds. The summed E-state index contributed by atoms with van der Waals surface area (Å²) in [7, 11) is 0. The van der Waals surface area contributed by atoms with Crippen LogP contribution in [0.4, 0.5) is 0 Å². The van der Waals surface area contributed by atoms with Gasteiger partial charge in [0.1, 0.15) is 12.2 Å². The average Bonchev–Trinajstić information content (AvgIpc) is 2.86. The van der Waals surface area contributed by atoms with E-state index in [2.05, 4.69) is 47.7 Å². The predicted molar refractivity (Wildman–Crippen MR) is 78.3 cm³/mol. The Kier molecular flexibility index (Phi) is 3.73. The van der Waals surface area contributed by atoms with Gasteiger partial charge in [-0.3, -0.25) is 4.79 Å². The summed E-state index contributed by atoms with van der Waals surface area (Å²) in [4.78, 5) is 28.5. The maximum absolute atomic E-state index is 12.0. The Labute approximate surface area is 113 Å². The van der Waals surface area contributed by atoms with Crippen LogP contribution in [0.15, 0.2) is 20.0 Å². The first-order valence-corrected chi connectivity index (χ1v) is 6.85. The van der Waals surface area contributed by atoms with E-state index in [9.17, 15) is 4.79 Å². The minimum Gasteiger partial charge on any atom is -0.265 e. The highest BCUT2D eigenvalue weighted by Gasteiger charge is 2.39. The number of carbonyl (C=O) groups excluding carboxylic acids is 1.